The molecular formula is C63H71ClN8O12P2S. The number of hydrogen-bond donors (Lipinski definition) is 8. The van der Waals surface area contributed by atoms with Crippen LogP contribution in [0.4, 0.5) is 5.69 Å². The first-order valence-corrected chi connectivity index (χ1v) is 33.4. The number of rotatable bonds is 23. The number of H-pyrrole nitrogens is 1. The van der Waals surface area contributed by atoms with E-state index in [4.69, 9.17) is 22.1 Å². The number of aromatic amines is 1. The van der Waals surface area contributed by atoms with Crippen LogP contribution in [0.2, 0.25) is 5.02 Å². The average Bonchev–Trinajstić information content (AvgIpc) is 1.65. The van der Waals surface area contributed by atoms with Gasteiger partial charge in [0, 0.05) is 61.0 Å². The van der Waals surface area contributed by atoms with Gasteiger partial charge in [0.1, 0.15) is 30.5 Å². The molecule has 0 spiro atoms. The number of β-amino-alcohol motifs (C(OH)–C–C–N with tert-alkyl or cyclic N) is 1. The number of para-hydroxylation sites is 1. The maximum absolute atomic E-state index is 14.7. The van der Waals surface area contributed by atoms with Crippen LogP contribution in [0, 0.1) is 18.3 Å². The average molecular weight is 1260 g/mol. The number of nitrogens with one attached hydrogen (secondary N) is 4. The van der Waals surface area contributed by atoms with E-state index >= 15 is 0 Å². The Balaban J connectivity index is 0.748. The SMILES string of the molecule is Cc1ncsc1-c1ccc(C2(NC(=O)[C@@H]3C[C@@H](O)CN3C(=O)[C@@H](NC(=O)CCCc3cccc(OC[C@H](CCC(N)=O)NC(=O)[C@@H]4Cc5cccc6c5N4C(=O)[C@@H](CC(=O)c4cc5cc(C(=O)P(O)(O)=P)ccc5[nH]4)CC6)c3Cl)C(C)(C)C)CC2)cc1. The van der Waals surface area contributed by atoms with Crippen molar-refractivity contribution >= 4 is 102 Å². The van der Waals surface area contributed by atoms with Gasteiger partial charge in [0.05, 0.1) is 50.2 Å². The van der Waals surface area contributed by atoms with Gasteiger partial charge in [-0.25, -0.2) is 4.98 Å². The maximum Gasteiger partial charge on any atom is 0.246 e. The molecule has 458 valence electrons. The summed E-state index contributed by atoms with van der Waals surface area (Å²) in [5.74, 6) is -3.61. The highest BCUT2D eigenvalue weighted by Crippen LogP contribution is 2.48. The van der Waals surface area contributed by atoms with Crippen molar-refractivity contribution in [2.24, 2.45) is 17.1 Å². The van der Waals surface area contributed by atoms with Crippen molar-refractivity contribution in [2.75, 3.05) is 18.1 Å². The van der Waals surface area contributed by atoms with E-state index in [9.17, 15) is 53.2 Å². The minimum Gasteiger partial charge on any atom is -0.490 e. The van der Waals surface area contributed by atoms with Gasteiger partial charge < -0.3 is 51.2 Å². The molecule has 10 rings (SSSR count). The Morgan fingerprint density at radius 2 is 1.69 bits per heavy atom. The third-order valence-corrected chi connectivity index (χ3v) is 19.8. The number of hydrogen-bond acceptors (Lipinski definition) is 12. The number of amides is 6. The number of aryl methyl sites for hydroxylation is 3. The molecule has 87 heavy (non-hydrogen) atoms. The molecule has 6 aromatic rings. The number of ether oxygens (including phenoxy) is 1. The molecule has 6 atom stereocenters. The Bertz CT molecular complexity index is 3760. The molecule has 1 aliphatic carbocycles. The van der Waals surface area contributed by atoms with Crippen molar-refractivity contribution in [1.82, 2.24) is 30.8 Å². The van der Waals surface area contributed by atoms with Gasteiger partial charge in [-0.05, 0) is 115 Å². The number of fused-ring (bicyclic) bond motifs is 1. The van der Waals surface area contributed by atoms with E-state index in [1.807, 2.05) is 75.7 Å². The number of halogens is 1. The summed E-state index contributed by atoms with van der Waals surface area (Å²) in [6.07, 6.45) is 2.10. The van der Waals surface area contributed by atoms with Crippen LogP contribution in [0.5, 0.6) is 5.75 Å². The van der Waals surface area contributed by atoms with Crippen LogP contribution >= 0.6 is 38.5 Å². The highest BCUT2D eigenvalue weighted by atomic mass is 35.5. The maximum atomic E-state index is 14.7. The summed E-state index contributed by atoms with van der Waals surface area (Å²) in [7, 11) is -1.28. The summed E-state index contributed by atoms with van der Waals surface area (Å²) < 4.78 is 6.25. The van der Waals surface area contributed by atoms with E-state index in [-0.39, 0.29) is 91.3 Å². The number of likely N-dealkylation sites (tertiary alicyclic amines) is 1. The molecular weight excluding hydrogens is 1190 g/mol. The summed E-state index contributed by atoms with van der Waals surface area (Å²) in [6, 6.07) is 21.1. The molecule has 0 radical (unpaired) electrons. The molecule has 0 unspecified atom stereocenters. The Kier molecular flexibility index (Phi) is 18.5. The summed E-state index contributed by atoms with van der Waals surface area (Å²) in [5, 5.41) is 20.8. The van der Waals surface area contributed by atoms with Crippen molar-refractivity contribution in [1.29, 1.82) is 0 Å². The fourth-order valence-electron chi connectivity index (χ4n) is 12.1. The van der Waals surface area contributed by atoms with Gasteiger partial charge in [-0.15, -0.1) is 11.3 Å². The first-order chi connectivity index (χ1) is 41.3. The smallest absolute Gasteiger partial charge is 0.246 e. The number of benzene rings is 4. The fraction of sp³-hybridized carbons (Fsp3) is 0.413. The molecule has 4 aliphatic rings. The highest BCUT2D eigenvalue weighted by Gasteiger charge is 2.51. The molecule has 5 heterocycles. The normalized spacial score (nSPS) is 19.4. The third-order valence-electron chi connectivity index (χ3n) is 17.0. The Morgan fingerprint density at radius 1 is 0.954 bits per heavy atom. The predicted octanol–water partition coefficient (Wildman–Crippen LogP) is 7.83. The van der Waals surface area contributed by atoms with E-state index in [1.54, 1.807) is 41.7 Å². The van der Waals surface area contributed by atoms with Crippen LogP contribution in [0.25, 0.3) is 21.3 Å². The molecule has 2 fully saturated rings. The first-order valence-electron chi connectivity index (χ1n) is 29.1. The lowest BCUT2D eigenvalue weighted by Crippen LogP contribution is -2.58. The number of carbonyl (C=O) groups excluding carboxylic acids is 8. The molecule has 6 amide bonds. The quantitative estimate of drug-likeness (QED) is 0.0224. The van der Waals surface area contributed by atoms with Crippen LogP contribution in [0.3, 0.4) is 0 Å². The van der Waals surface area contributed by atoms with Crippen LogP contribution in [-0.4, -0.2) is 120 Å². The van der Waals surface area contributed by atoms with Crippen LogP contribution < -0.4 is 31.3 Å². The lowest BCUT2D eigenvalue weighted by atomic mass is 9.85. The number of nitrogens with zero attached hydrogens (tertiary/aromatic N) is 3. The molecule has 4 aromatic carbocycles. The van der Waals surface area contributed by atoms with Gasteiger partial charge in [-0.2, -0.15) is 0 Å². The van der Waals surface area contributed by atoms with Crippen LogP contribution in [0.1, 0.15) is 127 Å². The van der Waals surface area contributed by atoms with Gasteiger partial charge in [0.2, 0.25) is 48.0 Å². The topological polar surface area (TPSA) is 304 Å². The zero-order valence-corrected chi connectivity index (χ0v) is 52.2. The fourth-order valence-corrected chi connectivity index (χ4v) is 14.1. The minimum atomic E-state index is -4.00. The number of thiazole rings is 1. The van der Waals surface area contributed by atoms with Crippen molar-refractivity contribution < 1.29 is 58.0 Å². The summed E-state index contributed by atoms with van der Waals surface area (Å²) in [5.41, 5.74) is 11.8. The zero-order chi connectivity index (χ0) is 62.3. The Labute approximate surface area is 514 Å². The van der Waals surface area contributed by atoms with Crippen molar-refractivity contribution in [3.05, 3.63) is 135 Å². The van der Waals surface area contributed by atoms with Gasteiger partial charge in [0.25, 0.3) is 0 Å². The lowest BCUT2D eigenvalue weighted by Gasteiger charge is -2.35. The highest BCUT2D eigenvalue weighted by molar-refractivity contribution is 8.02. The zero-order valence-electron chi connectivity index (χ0n) is 48.7. The summed E-state index contributed by atoms with van der Waals surface area (Å²) in [4.78, 5) is 141. The largest absolute Gasteiger partial charge is 0.490 e. The number of carbonyl (C=O) groups is 8. The van der Waals surface area contributed by atoms with E-state index in [2.05, 4.69) is 34.4 Å². The molecule has 1 saturated heterocycles. The van der Waals surface area contributed by atoms with Gasteiger partial charge in [-0.3, -0.25) is 43.3 Å². The van der Waals surface area contributed by atoms with E-state index in [1.165, 1.54) is 21.9 Å². The van der Waals surface area contributed by atoms with Crippen LogP contribution in [-0.2, 0) is 53.6 Å². The molecule has 24 heteroatoms. The van der Waals surface area contributed by atoms with Crippen molar-refractivity contribution in [2.45, 2.75) is 141 Å². The van der Waals surface area contributed by atoms with E-state index in [0.717, 1.165) is 45.7 Å². The summed E-state index contributed by atoms with van der Waals surface area (Å²) in [6.45, 7) is 7.26. The van der Waals surface area contributed by atoms with Gasteiger partial charge in [-0.1, -0.05) is 95.5 Å². The molecule has 9 N–H and O–H groups in total. The van der Waals surface area contributed by atoms with Crippen LogP contribution in [0.15, 0.2) is 90.4 Å². The minimum absolute atomic E-state index is 0.0233. The molecule has 0 bridgehead atoms. The summed E-state index contributed by atoms with van der Waals surface area (Å²) >= 11 is 8.52. The number of nitrogens with two attached hydrogens (primary N) is 1. The monoisotopic (exact) mass is 1260 g/mol. The molecule has 20 nitrogen and oxygen atoms in total. The van der Waals surface area contributed by atoms with Crippen molar-refractivity contribution in [3.63, 3.8) is 0 Å². The number of ketones is 1. The van der Waals surface area contributed by atoms with Crippen molar-refractivity contribution in [3.8, 4) is 16.2 Å². The number of anilines is 1. The number of primary amides is 1. The second-order valence-electron chi connectivity index (χ2n) is 24.4. The Morgan fingerprint density at radius 3 is 2.38 bits per heavy atom. The molecule has 3 aliphatic heterocycles. The number of aliphatic hydroxyl groups is 1. The second-order valence-corrected chi connectivity index (χ2v) is 29.1. The Hall–Kier alpha value is -7.09. The lowest BCUT2D eigenvalue weighted by molar-refractivity contribution is -0.144. The molecule has 1 saturated carbocycles. The van der Waals surface area contributed by atoms with E-state index in [0.29, 0.717) is 47.8 Å². The number of Topliss-reactive ketones (excluding diaryl/α,β-unsaturated/α-hetero) is 1. The number of aromatic nitrogens is 2. The molecule has 2 aromatic heterocycles. The number of aliphatic hydroxyl groups excluding tert-OH is 1. The van der Waals surface area contributed by atoms with Gasteiger partial charge >= 0.3 is 0 Å². The van der Waals surface area contributed by atoms with E-state index < -0.39 is 83.3 Å². The standard InChI is InChI=1S/C63H71ClN8O12P2S/c1-34-55(87-33-66-34)37-16-19-42(20-17-37)63(24-25-63)70-58(78)47-30-44(73)31-71(47)60(80)56(62(2,3)4)69-52(76)13-7-9-35-8-6-12-50(53(35)64)84-32-43(21-23-51(65)75)67-57(77)48-28-38-11-5-10-36-14-15-39(59(79)72(48)54(36)38)29-49(74)46-27-41-26-40(18-22-45(41)68-46)61(81)86(82,83)85/h5-6,8,10-12,16-20,22,26-27,33,39,43-44,47-48,56,68,73,82-83,85H,7,9,13-15,21,23-25,28-32H2,1-4H3,(H2,65,75)(H,67,77)(H,69,76)(H,70,78)/t39-,43+,44-,47+,48+,56-/m1/s1. The first kappa shape index (κ1) is 62.9. The second kappa shape index (κ2) is 25.6. The third kappa shape index (κ3) is 14.0. The van der Waals surface area contributed by atoms with Gasteiger partial charge in [0.15, 0.2) is 5.78 Å². The predicted molar refractivity (Wildman–Crippen MR) is 334 cm³/mol.